The van der Waals surface area contributed by atoms with Gasteiger partial charge in [-0.05, 0) is 6.42 Å². The number of hydrogen-bond donors (Lipinski definition) is 0. The van der Waals surface area contributed by atoms with Crippen molar-refractivity contribution < 1.29 is 27.0 Å². The van der Waals surface area contributed by atoms with Gasteiger partial charge in [-0.25, -0.2) is 17.6 Å². The standard InChI is InChI=1S/C12H13ClF4O2/c1-18-7-4-9(14)12(10(15)5-7)8(13)2-3-19-6-11(16)17/h4-5,8,11H,2-3,6H2,1H3. The molecule has 0 fully saturated rings. The molecule has 0 amide bonds. The van der Waals surface area contributed by atoms with E-state index in [2.05, 4.69) is 4.74 Å². The van der Waals surface area contributed by atoms with Crippen LogP contribution in [0.4, 0.5) is 17.6 Å². The molecule has 0 aromatic heterocycles. The van der Waals surface area contributed by atoms with E-state index in [1.165, 1.54) is 7.11 Å². The number of halogens is 5. The summed E-state index contributed by atoms with van der Waals surface area (Å²) in [5, 5.41) is -0.997. The third kappa shape index (κ3) is 4.87. The van der Waals surface area contributed by atoms with E-state index in [0.29, 0.717) is 0 Å². The van der Waals surface area contributed by atoms with Crippen LogP contribution in [0.3, 0.4) is 0 Å². The maximum atomic E-state index is 13.6. The monoisotopic (exact) mass is 300 g/mol. The van der Waals surface area contributed by atoms with Gasteiger partial charge in [-0.1, -0.05) is 0 Å². The molecule has 7 heteroatoms. The molecule has 0 heterocycles. The lowest BCUT2D eigenvalue weighted by molar-refractivity contribution is 0.0164. The van der Waals surface area contributed by atoms with Gasteiger partial charge in [0.05, 0.1) is 12.5 Å². The van der Waals surface area contributed by atoms with Gasteiger partial charge in [0.25, 0.3) is 6.43 Å². The van der Waals surface area contributed by atoms with E-state index in [-0.39, 0.29) is 24.3 Å². The first kappa shape index (κ1) is 16.0. The molecule has 0 aliphatic rings. The van der Waals surface area contributed by atoms with Crippen LogP contribution < -0.4 is 4.74 Å². The van der Waals surface area contributed by atoms with E-state index in [1.807, 2.05) is 0 Å². The second-order valence-electron chi connectivity index (χ2n) is 3.73. The lowest BCUT2D eigenvalue weighted by Gasteiger charge is -2.13. The molecule has 108 valence electrons. The van der Waals surface area contributed by atoms with Crippen molar-refractivity contribution in [3.8, 4) is 5.75 Å². The van der Waals surface area contributed by atoms with Crippen LogP contribution in [0.15, 0.2) is 12.1 Å². The third-order valence-corrected chi connectivity index (χ3v) is 2.80. The highest BCUT2D eigenvalue weighted by molar-refractivity contribution is 6.20. The van der Waals surface area contributed by atoms with E-state index in [9.17, 15) is 17.6 Å². The van der Waals surface area contributed by atoms with Gasteiger partial charge in [0, 0.05) is 24.3 Å². The topological polar surface area (TPSA) is 18.5 Å². The van der Waals surface area contributed by atoms with Gasteiger partial charge in [-0.15, -0.1) is 11.6 Å². The van der Waals surface area contributed by atoms with Crippen LogP contribution in [0.5, 0.6) is 5.75 Å². The number of hydrogen-bond acceptors (Lipinski definition) is 2. The number of rotatable bonds is 7. The van der Waals surface area contributed by atoms with E-state index in [4.69, 9.17) is 16.3 Å². The first-order valence-corrected chi connectivity index (χ1v) is 5.92. The normalized spacial score (nSPS) is 12.8. The molecule has 0 saturated heterocycles. The fraction of sp³-hybridized carbons (Fsp3) is 0.500. The summed E-state index contributed by atoms with van der Waals surface area (Å²) >= 11 is 5.84. The van der Waals surface area contributed by atoms with Crippen molar-refractivity contribution in [3.05, 3.63) is 29.3 Å². The number of methoxy groups -OCH3 is 1. The molecule has 0 radical (unpaired) electrons. The predicted molar refractivity (Wildman–Crippen MR) is 62.9 cm³/mol. The SMILES string of the molecule is COc1cc(F)c(C(Cl)CCOCC(F)F)c(F)c1. The Labute approximate surface area is 113 Å². The molecule has 2 nitrogen and oxygen atoms in total. The van der Waals surface area contributed by atoms with Crippen molar-refractivity contribution in [3.63, 3.8) is 0 Å². The van der Waals surface area contributed by atoms with Gasteiger partial charge in [0.15, 0.2) is 0 Å². The fourth-order valence-corrected chi connectivity index (χ4v) is 1.78. The second kappa shape index (κ2) is 7.55. The smallest absolute Gasteiger partial charge is 0.261 e. The van der Waals surface area contributed by atoms with Gasteiger partial charge in [0.1, 0.15) is 24.0 Å². The summed E-state index contributed by atoms with van der Waals surface area (Å²) in [6.07, 6.45) is -2.56. The summed E-state index contributed by atoms with van der Waals surface area (Å²) in [5.74, 6) is -1.65. The summed E-state index contributed by atoms with van der Waals surface area (Å²) in [4.78, 5) is 0. The predicted octanol–water partition coefficient (Wildman–Crippen LogP) is 3.93. The van der Waals surface area contributed by atoms with Crippen molar-refractivity contribution in [2.45, 2.75) is 18.2 Å². The van der Waals surface area contributed by atoms with Crippen molar-refractivity contribution in [1.82, 2.24) is 0 Å². The molecule has 1 rings (SSSR count). The van der Waals surface area contributed by atoms with Crippen LogP contribution in [0.1, 0.15) is 17.4 Å². The zero-order valence-electron chi connectivity index (χ0n) is 10.1. The Morgan fingerprint density at radius 3 is 2.26 bits per heavy atom. The zero-order chi connectivity index (χ0) is 14.4. The molecule has 0 bridgehead atoms. The average Bonchev–Trinajstić information content (AvgIpc) is 2.33. The lowest BCUT2D eigenvalue weighted by atomic mass is 10.1. The Balaban J connectivity index is 2.64. The van der Waals surface area contributed by atoms with Crippen LogP contribution >= 0.6 is 11.6 Å². The van der Waals surface area contributed by atoms with Crippen molar-refractivity contribution in [2.24, 2.45) is 0 Å². The van der Waals surface area contributed by atoms with Gasteiger partial charge in [0.2, 0.25) is 0 Å². The molecule has 0 aliphatic carbocycles. The molecular weight excluding hydrogens is 288 g/mol. The van der Waals surface area contributed by atoms with E-state index < -0.39 is 30.0 Å². The van der Waals surface area contributed by atoms with Crippen molar-refractivity contribution in [1.29, 1.82) is 0 Å². The Bertz CT molecular complexity index is 392. The van der Waals surface area contributed by atoms with Gasteiger partial charge < -0.3 is 9.47 Å². The second-order valence-corrected chi connectivity index (χ2v) is 4.25. The summed E-state index contributed by atoms with van der Waals surface area (Å²) in [5.41, 5.74) is -0.317. The summed E-state index contributed by atoms with van der Waals surface area (Å²) in [6.45, 7) is -0.833. The lowest BCUT2D eigenvalue weighted by Crippen LogP contribution is -2.08. The largest absolute Gasteiger partial charge is 0.497 e. The van der Waals surface area contributed by atoms with Crippen LogP contribution in [-0.2, 0) is 4.74 Å². The highest BCUT2D eigenvalue weighted by Gasteiger charge is 2.19. The van der Waals surface area contributed by atoms with Gasteiger partial charge in [-0.2, -0.15) is 0 Å². The summed E-state index contributed by atoms with van der Waals surface area (Å²) < 4.78 is 60.2. The first-order valence-electron chi connectivity index (χ1n) is 5.48. The van der Waals surface area contributed by atoms with Crippen molar-refractivity contribution >= 4 is 11.6 Å². The molecule has 19 heavy (non-hydrogen) atoms. The minimum atomic E-state index is -2.58. The van der Waals surface area contributed by atoms with Gasteiger partial charge >= 0.3 is 0 Å². The Morgan fingerprint density at radius 2 is 1.79 bits per heavy atom. The molecule has 0 N–H and O–H groups in total. The molecule has 1 atom stereocenters. The summed E-state index contributed by atoms with van der Waals surface area (Å²) in [6, 6.07) is 2.02. The molecule has 0 saturated carbocycles. The molecule has 0 spiro atoms. The average molecular weight is 301 g/mol. The first-order chi connectivity index (χ1) is 8.95. The van der Waals surface area contributed by atoms with Crippen LogP contribution in [0.2, 0.25) is 0 Å². The minimum absolute atomic E-state index is 0.0223. The Morgan fingerprint density at radius 1 is 1.21 bits per heavy atom. The van der Waals surface area contributed by atoms with Crippen LogP contribution in [0.25, 0.3) is 0 Å². The number of benzene rings is 1. The van der Waals surface area contributed by atoms with Crippen LogP contribution in [-0.4, -0.2) is 26.7 Å². The van der Waals surface area contributed by atoms with Crippen molar-refractivity contribution in [2.75, 3.05) is 20.3 Å². The maximum absolute atomic E-state index is 13.6. The molecular formula is C12H13ClF4O2. The maximum Gasteiger partial charge on any atom is 0.261 e. The Kier molecular flexibility index (Phi) is 6.37. The van der Waals surface area contributed by atoms with E-state index >= 15 is 0 Å². The molecule has 0 aliphatic heterocycles. The van der Waals surface area contributed by atoms with E-state index in [1.54, 1.807) is 0 Å². The van der Waals surface area contributed by atoms with Crippen LogP contribution in [0, 0.1) is 11.6 Å². The Hall–Kier alpha value is -1.01. The molecule has 1 aromatic carbocycles. The quantitative estimate of drug-likeness (QED) is 0.431. The van der Waals surface area contributed by atoms with Gasteiger partial charge in [-0.3, -0.25) is 0 Å². The third-order valence-electron chi connectivity index (χ3n) is 2.36. The molecule has 1 unspecified atom stereocenters. The zero-order valence-corrected chi connectivity index (χ0v) is 10.9. The fourth-order valence-electron chi connectivity index (χ4n) is 1.48. The highest BCUT2D eigenvalue weighted by Crippen LogP contribution is 2.31. The number of alkyl halides is 3. The minimum Gasteiger partial charge on any atom is -0.497 e. The highest BCUT2D eigenvalue weighted by atomic mass is 35.5. The van der Waals surface area contributed by atoms with E-state index in [0.717, 1.165) is 12.1 Å². The molecule has 1 aromatic rings. The summed E-state index contributed by atoms with van der Waals surface area (Å²) in [7, 11) is 1.28. The number of ether oxygens (including phenoxy) is 2.